The summed E-state index contributed by atoms with van der Waals surface area (Å²) in [7, 11) is -0.396. The van der Waals surface area contributed by atoms with E-state index in [1.807, 2.05) is 46.8 Å². The molecule has 0 atom stereocenters. The first-order valence-corrected chi connectivity index (χ1v) is 6.22. The maximum Gasteiger partial charge on any atom is 0.514 e. The molecule has 0 N–H and O–H groups in total. The fourth-order valence-corrected chi connectivity index (χ4v) is 1.90. The van der Waals surface area contributed by atoms with E-state index in [2.05, 4.69) is 11.6 Å². The molecule has 0 saturated carbocycles. The van der Waals surface area contributed by atoms with Crippen LogP contribution in [0.25, 0.3) is 6.08 Å². The minimum absolute atomic E-state index is 0.329. The van der Waals surface area contributed by atoms with Gasteiger partial charge in [-0.2, -0.15) is 0 Å². The van der Waals surface area contributed by atoms with Crippen molar-refractivity contribution in [2.75, 3.05) is 0 Å². The third kappa shape index (κ3) is 2.11. The monoisotopic (exact) mass is 245 g/mol. The average Bonchev–Trinajstić information content (AvgIpc) is 2.48. The summed E-state index contributed by atoms with van der Waals surface area (Å²) in [5.74, 6) is 0. The summed E-state index contributed by atoms with van der Waals surface area (Å²) in [6.07, 6.45) is 1.80. The molecule has 1 aliphatic heterocycles. The summed E-state index contributed by atoms with van der Waals surface area (Å²) >= 11 is 0. The van der Waals surface area contributed by atoms with Crippen molar-refractivity contribution in [2.45, 2.75) is 45.8 Å². The molecule has 2 rings (SSSR count). The number of rotatable bonds is 2. The Morgan fingerprint density at radius 3 is 2.17 bits per heavy atom. The number of hydrogen-bond donors (Lipinski definition) is 0. The van der Waals surface area contributed by atoms with Gasteiger partial charge in [-0.05, 0) is 46.2 Å². The molecular weight excluding hydrogens is 225 g/mol. The van der Waals surface area contributed by atoms with Crippen LogP contribution in [0.3, 0.4) is 0 Å². The van der Waals surface area contributed by atoms with Crippen LogP contribution in [0.1, 0.15) is 39.0 Å². The lowest BCUT2D eigenvalue weighted by Crippen LogP contribution is -2.41. The van der Waals surface area contributed by atoms with Gasteiger partial charge in [0.15, 0.2) is 0 Å². The number of nitrogens with zero attached hydrogens (tertiary/aromatic N) is 1. The molecule has 1 aromatic rings. The number of pyridine rings is 1. The Morgan fingerprint density at radius 1 is 1.17 bits per heavy atom. The summed E-state index contributed by atoms with van der Waals surface area (Å²) in [4.78, 5) is 4.54. The highest BCUT2D eigenvalue weighted by molar-refractivity contribution is 6.61. The Morgan fingerprint density at radius 2 is 1.72 bits per heavy atom. The quantitative estimate of drug-likeness (QED) is 0.749. The summed E-state index contributed by atoms with van der Waals surface area (Å²) < 4.78 is 11.9. The van der Waals surface area contributed by atoms with Crippen LogP contribution >= 0.6 is 0 Å². The van der Waals surface area contributed by atoms with Gasteiger partial charge in [-0.15, -0.1) is 0 Å². The highest BCUT2D eigenvalue weighted by Crippen LogP contribution is 2.36. The molecule has 0 spiro atoms. The van der Waals surface area contributed by atoms with Crippen LogP contribution in [-0.4, -0.2) is 23.3 Å². The molecule has 0 amide bonds. The normalized spacial score (nSPS) is 21.1. The molecule has 0 bridgehead atoms. The van der Waals surface area contributed by atoms with E-state index in [1.165, 1.54) is 0 Å². The van der Waals surface area contributed by atoms with Gasteiger partial charge in [0.2, 0.25) is 0 Å². The van der Waals surface area contributed by atoms with Crippen LogP contribution in [0.2, 0.25) is 0 Å². The van der Waals surface area contributed by atoms with Crippen molar-refractivity contribution >= 4 is 18.8 Å². The molecule has 0 aliphatic carbocycles. The SMILES string of the molecule is C=Cc1ccc(B2OC(C)(C)C(C)(C)O2)nc1C. The van der Waals surface area contributed by atoms with E-state index in [0.29, 0.717) is 0 Å². The lowest BCUT2D eigenvalue weighted by atomic mass is 9.83. The number of aromatic nitrogens is 1. The van der Waals surface area contributed by atoms with Crippen LogP contribution in [0.5, 0.6) is 0 Å². The third-order valence-electron chi connectivity index (χ3n) is 3.86. The first-order chi connectivity index (χ1) is 8.27. The van der Waals surface area contributed by atoms with Crippen molar-refractivity contribution in [2.24, 2.45) is 0 Å². The Balaban J connectivity index is 2.30. The molecule has 96 valence electrons. The molecule has 1 aromatic heterocycles. The molecule has 3 nitrogen and oxygen atoms in total. The van der Waals surface area contributed by atoms with Crippen LogP contribution in [-0.2, 0) is 9.31 Å². The van der Waals surface area contributed by atoms with Gasteiger partial charge < -0.3 is 9.31 Å². The maximum absolute atomic E-state index is 5.97. The van der Waals surface area contributed by atoms with Gasteiger partial charge >= 0.3 is 7.12 Å². The molecular formula is C14H20BNO2. The lowest BCUT2D eigenvalue weighted by Gasteiger charge is -2.32. The second kappa shape index (κ2) is 4.21. The maximum atomic E-state index is 5.97. The molecule has 0 unspecified atom stereocenters. The minimum Gasteiger partial charge on any atom is -0.398 e. The molecule has 1 fully saturated rings. The minimum atomic E-state index is -0.396. The van der Waals surface area contributed by atoms with Crippen molar-refractivity contribution in [1.82, 2.24) is 4.98 Å². The Kier molecular flexibility index (Phi) is 3.12. The Hall–Kier alpha value is -1.13. The third-order valence-corrected chi connectivity index (χ3v) is 3.86. The predicted octanol–water partition coefficient (Wildman–Crippen LogP) is 2.33. The van der Waals surface area contributed by atoms with Gasteiger partial charge in [0.25, 0.3) is 0 Å². The molecule has 0 radical (unpaired) electrons. The fraction of sp³-hybridized carbons (Fsp3) is 0.500. The van der Waals surface area contributed by atoms with Crippen molar-refractivity contribution in [1.29, 1.82) is 0 Å². The van der Waals surface area contributed by atoms with E-state index < -0.39 is 7.12 Å². The molecule has 18 heavy (non-hydrogen) atoms. The molecule has 1 saturated heterocycles. The van der Waals surface area contributed by atoms with E-state index in [1.54, 1.807) is 6.08 Å². The summed E-state index contributed by atoms with van der Waals surface area (Å²) in [6.45, 7) is 13.9. The van der Waals surface area contributed by atoms with Gasteiger partial charge in [0, 0.05) is 5.69 Å². The second-order valence-corrected chi connectivity index (χ2v) is 5.70. The van der Waals surface area contributed by atoms with Crippen LogP contribution in [0, 0.1) is 6.92 Å². The zero-order valence-electron chi connectivity index (χ0n) is 11.8. The largest absolute Gasteiger partial charge is 0.514 e. The van der Waals surface area contributed by atoms with E-state index in [9.17, 15) is 0 Å². The van der Waals surface area contributed by atoms with E-state index >= 15 is 0 Å². The van der Waals surface area contributed by atoms with Crippen molar-refractivity contribution in [3.8, 4) is 0 Å². The van der Waals surface area contributed by atoms with Crippen LogP contribution in [0.4, 0.5) is 0 Å². The summed E-state index contributed by atoms with van der Waals surface area (Å²) in [6, 6.07) is 3.93. The van der Waals surface area contributed by atoms with Crippen molar-refractivity contribution in [3.05, 3.63) is 30.0 Å². The topological polar surface area (TPSA) is 31.4 Å². The standard InChI is InChI=1S/C14H20BNO2/c1-7-11-8-9-12(16-10(11)2)15-17-13(3,4)14(5,6)18-15/h7-9H,1H2,2-6H3. The van der Waals surface area contributed by atoms with E-state index in [0.717, 1.165) is 16.9 Å². The second-order valence-electron chi connectivity index (χ2n) is 5.70. The van der Waals surface area contributed by atoms with Gasteiger partial charge in [-0.3, -0.25) is 4.98 Å². The smallest absolute Gasteiger partial charge is 0.398 e. The van der Waals surface area contributed by atoms with Crippen LogP contribution in [0.15, 0.2) is 18.7 Å². The molecule has 4 heteroatoms. The van der Waals surface area contributed by atoms with E-state index in [4.69, 9.17) is 9.31 Å². The average molecular weight is 245 g/mol. The molecule has 0 aromatic carbocycles. The zero-order valence-corrected chi connectivity index (χ0v) is 11.8. The van der Waals surface area contributed by atoms with Gasteiger partial charge in [0.1, 0.15) is 0 Å². The van der Waals surface area contributed by atoms with E-state index in [-0.39, 0.29) is 11.2 Å². The van der Waals surface area contributed by atoms with Crippen molar-refractivity contribution in [3.63, 3.8) is 0 Å². The molecule has 2 heterocycles. The van der Waals surface area contributed by atoms with Gasteiger partial charge in [-0.1, -0.05) is 18.7 Å². The molecule has 1 aliphatic rings. The first kappa shape index (κ1) is 13.3. The predicted molar refractivity (Wildman–Crippen MR) is 74.8 cm³/mol. The highest BCUT2D eigenvalue weighted by Gasteiger charge is 2.52. The van der Waals surface area contributed by atoms with Gasteiger partial charge in [-0.25, -0.2) is 0 Å². The zero-order chi connectivity index (χ0) is 13.6. The fourth-order valence-electron chi connectivity index (χ4n) is 1.90. The highest BCUT2D eigenvalue weighted by atomic mass is 16.7. The Bertz CT molecular complexity index is 467. The lowest BCUT2D eigenvalue weighted by molar-refractivity contribution is 0.00578. The van der Waals surface area contributed by atoms with Crippen LogP contribution < -0.4 is 5.59 Å². The Labute approximate surface area is 109 Å². The number of hydrogen-bond acceptors (Lipinski definition) is 3. The van der Waals surface area contributed by atoms with Crippen molar-refractivity contribution < 1.29 is 9.31 Å². The number of aryl methyl sites for hydroxylation is 1. The first-order valence-electron chi connectivity index (χ1n) is 6.22. The summed E-state index contributed by atoms with van der Waals surface area (Å²) in [5, 5.41) is 0. The van der Waals surface area contributed by atoms with Gasteiger partial charge in [0.05, 0.1) is 16.8 Å². The summed E-state index contributed by atoms with van der Waals surface area (Å²) in [5.41, 5.74) is 2.14.